The number of rotatable bonds is 4. The number of carbonyl (C=O) groups excluding carboxylic acids is 2. The summed E-state index contributed by atoms with van der Waals surface area (Å²) in [7, 11) is 0. The van der Waals surface area contributed by atoms with Gasteiger partial charge in [0.05, 0.1) is 36.7 Å². The molecular formula is C20H25N5O2. The minimum Gasteiger partial charge on any atom is -0.353 e. The number of hydrogen-bond donors (Lipinski definition) is 2. The van der Waals surface area contributed by atoms with Crippen LogP contribution in [0.2, 0.25) is 0 Å². The summed E-state index contributed by atoms with van der Waals surface area (Å²) in [5, 5.41) is 2.91. The number of aryl methyl sites for hydroxylation is 1. The molecular weight excluding hydrogens is 342 g/mol. The van der Waals surface area contributed by atoms with Crippen LogP contribution in [0.5, 0.6) is 0 Å². The molecule has 7 heteroatoms. The maximum atomic E-state index is 12.9. The summed E-state index contributed by atoms with van der Waals surface area (Å²) in [6, 6.07) is 7.78. The molecule has 0 bridgehead atoms. The number of benzene rings is 1. The van der Waals surface area contributed by atoms with Gasteiger partial charge in [-0.25, -0.2) is 4.98 Å². The third-order valence-electron chi connectivity index (χ3n) is 5.57. The van der Waals surface area contributed by atoms with Crippen molar-refractivity contribution in [1.82, 2.24) is 25.1 Å². The Hall–Kier alpha value is -2.67. The predicted octanol–water partition coefficient (Wildman–Crippen LogP) is 0.994. The van der Waals surface area contributed by atoms with Gasteiger partial charge >= 0.3 is 0 Å². The van der Waals surface area contributed by atoms with Crippen LogP contribution in [0, 0.1) is 6.92 Å². The number of imidazole rings is 1. The van der Waals surface area contributed by atoms with Crippen LogP contribution >= 0.6 is 0 Å². The van der Waals surface area contributed by atoms with E-state index in [2.05, 4.69) is 39.2 Å². The second kappa shape index (κ2) is 7.52. The van der Waals surface area contributed by atoms with Gasteiger partial charge in [-0.15, -0.1) is 0 Å². The van der Waals surface area contributed by atoms with E-state index < -0.39 is 6.04 Å². The van der Waals surface area contributed by atoms with Crippen molar-refractivity contribution >= 4 is 11.8 Å². The lowest BCUT2D eigenvalue weighted by Gasteiger charge is -2.36. The fourth-order valence-corrected chi connectivity index (χ4v) is 3.90. The van der Waals surface area contributed by atoms with Crippen LogP contribution in [0.3, 0.4) is 0 Å². The third kappa shape index (κ3) is 3.73. The Balaban J connectivity index is 1.45. The van der Waals surface area contributed by atoms with Gasteiger partial charge in [0, 0.05) is 32.6 Å². The molecule has 1 saturated heterocycles. The van der Waals surface area contributed by atoms with E-state index in [0.717, 1.165) is 24.4 Å². The number of nitrogens with zero attached hydrogens (tertiary/aromatic N) is 3. The van der Waals surface area contributed by atoms with E-state index in [4.69, 9.17) is 0 Å². The number of amides is 2. The molecule has 1 unspecified atom stereocenters. The Morgan fingerprint density at radius 2 is 2.15 bits per heavy atom. The minimum absolute atomic E-state index is 0.0204. The zero-order chi connectivity index (χ0) is 18.8. The number of H-pyrrole nitrogens is 1. The smallest absolute Gasteiger partial charge is 0.237 e. The number of fused-ring (bicyclic) bond motifs is 1. The summed E-state index contributed by atoms with van der Waals surface area (Å²) >= 11 is 0. The molecule has 4 rings (SSSR count). The largest absolute Gasteiger partial charge is 0.353 e. The highest BCUT2D eigenvalue weighted by atomic mass is 16.2. The molecule has 0 radical (unpaired) electrons. The van der Waals surface area contributed by atoms with Gasteiger partial charge in [0.1, 0.15) is 0 Å². The maximum absolute atomic E-state index is 12.9. The lowest BCUT2D eigenvalue weighted by Crippen LogP contribution is -2.56. The number of hydrogen-bond acceptors (Lipinski definition) is 4. The molecule has 2 amide bonds. The first-order chi connectivity index (χ1) is 13.1. The zero-order valence-electron chi connectivity index (χ0n) is 15.6. The fourth-order valence-electron chi connectivity index (χ4n) is 3.90. The summed E-state index contributed by atoms with van der Waals surface area (Å²) in [5.41, 5.74) is 4.44. The quantitative estimate of drug-likeness (QED) is 0.845. The molecule has 1 aromatic carbocycles. The maximum Gasteiger partial charge on any atom is 0.237 e. The van der Waals surface area contributed by atoms with Crippen molar-refractivity contribution in [2.24, 2.45) is 0 Å². The molecule has 2 aliphatic rings. The Bertz CT molecular complexity index is 846. The van der Waals surface area contributed by atoms with E-state index >= 15 is 0 Å². The van der Waals surface area contributed by atoms with Crippen molar-refractivity contribution in [1.29, 1.82) is 0 Å². The number of carbonyl (C=O) groups is 2. The molecule has 0 spiro atoms. The standard InChI is InChI=1S/C20H25N5O2/c1-14-4-2-3-5-15(14)11-24-9-7-21-20(27)18(24)10-19(26)25-8-6-16-17(12-25)23-13-22-16/h2-5,13,18H,6-12H2,1H3,(H,21,27)(H,22,23). The Labute approximate surface area is 158 Å². The van der Waals surface area contributed by atoms with Crippen molar-refractivity contribution in [3.8, 4) is 0 Å². The first-order valence-corrected chi connectivity index (χ1v) is 9.47. The summed E-state index contributed by atoms with van der Waals surface area (Å²) in [4.78, 5) is 36.8. The number of aromatic nitrogens is 2. The van der Waals surface area contributed by atoms with Crippen molar-refractivity contribution < 1.29 is 9.59 Å². The molecule has 2 N–H and O–H groups in total. The molecule has 142 valence electrons. The molecule has 1 aromatic heterocycles. The first kappa shape index (κ1) is 17.7. The molecule has 1 atom stereocenters. The molecule has 2 aromatic rings. The minimum atomic E-state index is -0.422. The highest BCUT2D eigenvalue weighted by Gasteiger charge is 2.34. The lowest BCUT2D eigenvalue weighted by molar-refractivity contribution is -0.139. The Kier molecular flexibility index (Phi) is 4.94. The van der Waals surface area contributed by atoms with E-state index in [0.29, 0.717) is 26.2 Å². The predicted molar refractivity (Wildman–Crippen MR) is 101 cm³/mol. The molecule has 7 nitrogen and oxygen atoms in total. The molecule has 2 aliphatic heterocycles. The Morgan fingerprint density at radius 3 is 3.00 bits per heavy atom. The summed E-state index contributed by atoms with van der Waals surface area (Å²) in [6.07, 6.45) is 2.65. The molecule has 1 fully saturated rings. The third-order valence-corrected chi connectivity index (χ3v) is 5.57. The highest BCUT2D eigenvalue weighted by molar-refractivity contribution is 5.89. The normalized spacial score (nSPS) is 20.3. The van der Waals surface area contributed by atoms with Crippen molar-refractivity contribution in [2.45, 2.75) is 38.9 Å². The van der Waals surface area contributed by atoms with E-state index in [1.807, 2.05) is 17.0 Å². The second-order valence-corrected chi connectivity index (χ2v) is 7.30. The van der Waals surface area contributed by atoms with Gasteiger partial charge in [0.15, 0.2) is 0 Å². The average Bonchev–Trinajstić information content (AvgIpc) is 3.14. The van der Waals surface area contributed by atoms with E-state index in [1.165, 1.54) is 11.1 Å². The number of piperazine rings is 1. The number of nitrogens with one attached hydrogen (secondary N) is 2. The fraction of sp³-hybridized carbons (Fsp3) is 0.450. The monoisotopic (exact) mass is 367 g/mol. The van der Waals surface area contributed by atoms with Gasteiger partial charge in [0.25, 0.3) is 0 Å². The zero-order valence-corrected chi connectivity index (χ0v) is 15.6. The highest BCUT2D eigenvalue weighted by Crippen LogP contribution is 2.20. The van der Waals surface area contributed by atoms with Gasteiger partial charge in [-0.2, -0.15) is 0 Å². The Morgan fingerprint density at radius 1 is 1.30 bits per heavy atom. The van der Waals surface area contributed by atoms with Crippen LogP contribution < -0.4 is 5.32 Å². The van der Waals surface area contributed by atoms with E-state index in [9.17, 15) is 9.59 Å². The van der Waals surface area contributed by atoms with Crippen LogP contribution in [0.1, 0.15) is 28.9 Å². The molecule has 27 heavy (non-hydrogen) atoms. The van der Waals surface area contributed by atoms with Crippen LogP contribution in [0.15, 0.2) is 30.6 Å². The van der Waals surface area contributed by atoms with Gasteiger partial charge < -0.3 is 15.2 Å². The molecule has 0 aliphatic carbocycles. The molecule has 0 saturated carbocycles. The van der Waals surface area contributed by atoms with Crippen LogP contribution in [-0.2, 0) is 29.1 Å². The van der Waals surface area contributed by atoms with Crippen molar-refractivity contribution in [3.05, 3.63) is 53.1 Å². The van der Waals surface area contributed by atoms with Gasteiger partial charge in [-0.05, 0) is 18.1 Å². The van der Waals surface area contributed by atoms with Gasteiger partial charge in [-0.3, -0.25) is 14.5 Å². The van der Waals surface area contributed by atoms with Gasteiger partial charge in [-0.1, -0.05) is 24.3 Å². The topological polar surface area (TPSA) is 81.3 Å². The number of aromatic amines is 1. The molecule has 3 heterocycles. The average molecular weight is 367 g/mol. The van der Waals surface area contributed by atoms with Crippen molar-refractivity contribution in [2.75, 3.05) is 19.6 Å². The van der Waals surface area contributed by atoms with Gasteiger partial charge in [0.2, 0.25) is 11.8 Å². The van der Waals surface area contributed by atoms with Crippen LogP contribution in [0.4, 0.5) is 0 Å². The summed E-state index contributed by atoms with van der Waals surface area (Å²) in [5.74, 6) is -0.0329. The van der Waals surface area contributed by atoms with Crippen molar-refractivity contribution in [3.63, 3.8) is 0 Å². The first-order valence-electron chi connectivity index (χ1n) is 9.47. The second-order valence-electron chi connectivity index (χ2n) is 7.30. The van der Waals surface area contributed by atoms with Crippen LogP contribution in [0.25, 0.3) is 0 Å². The summed E-state index contributed by atoms with van der Waals surface area (Å²) in [6.45, 7) is 5.33. The SMILES string of the molecule is Cc1ccccc1CN1CCNC(=O)C1CC(=O)N1CCc2nc[nH]c2C1. The summed E-state index contributed by atoms with van der Waals surface area (Å²) < 4.78 is 0. The van der Waals surface area contributed by atoms with E-state index in [1.54, 1.807) is 6.33 Å². The lowest BCUT2D eigenvalue weighted by atomic mass is 10.0. The van der Waals surface area contributed by atoms with Crippen LogP contribution in [-0.4, -0.2) is 57.3 Å². The van der Waals surface area contributed by atoms with E-state index in [-0.39, 0.29) is 18.2 Å².